The van der Waals surface area contributed by atoms with E-state index < -0.39 is 0 Å². The van der Waals surface area contributed by atoms with Crippen LogP contribution in [-0.2, 0) is 6.42 Å². The van der Waals surface area contributed by atoms with Crippen LogP contribution in [0.3, 0.4) is 0 Å². The molecule has 0 saturated carbocycles. The second-order valence-electron chi connectivity index (χ2n) is 4.53. The highest BCUT2D eigenvalue weighted by Gasteiger charge is 2.13. The smallest absolute Gasteiger partial charge is 0.0709 e. The summed E-state index contributed by atoms with van der Waals surface area (Å²) < 4.78 is 2.96. The molecule has 0 amide bonds. The van der Waals surface area contributed by atoms with Gasteiger partial charge >= 0.3 is 0 Å². The molecule has 3 nitrogen and oxygen atoms in total. The first-order chi connectivity index (χ1) is 9.25. The van der Waals surface area contributed by atoms with Gasteiger partial charge in [-0.2, -0.15) is 5.10 Å². The van der Waals surface area contributed by atoms with Crippen molar-refractivity contribution in [2.24, 2.45) is 5.73 Å². The number of rotatable bonds is 3. The van der Waals surface area contributed by atoms with E-state index in [1.807, 2.05) is 53.3 Å². The molecule has 2 aromatic heterocycles. The van der Waals surface area contributed by atoms with E-state index in [1.165, 1.54) is 5.56 Å². The number of pyridine rings is 1. The largest absolute Gasteiger partial charge is 0.324 e. The molecule has 2 heterocycles. The molecule has 19 heavy (non-hydrogen) atoms. The molecule has 0 aliphatic heterocycles. The molecule has 0 bridgehead atoms. The van der Waals surface area contributed by atoms with Crippen molar-refractivity contribution in [2.75, 3.05) is 0 Å². The van der Waals surface area contributed by atoms with Gasteiger partial charge in [0.25, 0.3) is 0 Å². The Morgan fingerprint density at radius 1 is 1.16 bits per heavy atom. The first kappa shape index (κ1) is 12.4. The Hall–Kier alpha value is -1.65. The molecule has 0 radical (unpaired) electrons. The average Bonchev–Trinajstić information content (AvgIpc) is 2.85. The Bertz CT molecular complexity index is 705. The normalized spacial score (nSPS) is 12.7. The number of halogens is 1. The lowest BCUT2D eigenvalue weighted by atomic mass is 10.0. The zero-order chi connectivity index (χ0) is 13.2. The Balaban J connectivity index is 1.92. The number of hydrogen-bond acceptors (Lipinski definition) is 2. The van der Waals surface area contributed by atoms with Gasteiger partial charge in [0.1, 0.15) is 0 Å². The van der Waals surface area contributed by atoms with Crippen molar-refractivity contribution in [2.45, 2.75) is 12.5 Å². The molecular formula is C15H14BrN3. The fraction of sp³-hybridized carbons (Fsp3) is 0.133. The summed E-state index contributed by atoms with van der Waals surface area (Å²) in [6.07, 6.45) is 4.58. The molecular weight excluding hydrogens is 302 g/mol. The molecule has 0 aliphatic rings. The number of nitrogens with zero attached hydrogens (tertiary/aromatic N) is 2. The van der Waals surface area contributed by atoms with Gasteiger partial charge in [0.15, 0.2) is 0 Å². The van der Waals surface area contributed by atoms with Gasteiger partial charge in [-0.1, -0.05) is 40.2 Å². The zero-order valence-electron chi connectivity index (χ0n) is 10.3. The van der Waals surface area contributed by atoms with Crippen LogP contribution in [0.4, 0.5) is 0 Å². The SMILES string of the molecule is NC(Cc1ccccc1Br)c1cnn2ccccc12. The van der Waals surface area contributed by atoms with Gasteiger partial charge in [-0.05, 0) is 30.2 Å². The summed E-state index contributed by atoms with van der Waals surface area (Å²) in [5.41, 5.74) is 9.70. The molecule has 0 aliphatic carbocycles. The Labute approximate surface area is 120 Å². The van der Waals surface area contributed by atoms with Crippen LogP contribution in [0.25, 0.3) is 5.52 Å². The second kappa shape index (κ2) is 5.15. The Morgan fingerprint density at radius 2 is 1.95 bits per heavy atom. The van der Waals surface area contributed by atoms with Crippen LogP contribution in [0.15, 0.2) is 59.3 Å². The average molecular weight is 316 g/mol. The topological polar surface area (TPSA) is 43.3 Å². The minimum absolute atomic E-state index is 0.0569. The maximum absolute atomic E-state index is 6.33. The third-order valence-corrected chi connectivity index (χ3v) is 4.03. The predicted molar refractivity (Wildman–Crippen MR) is 80.0 cm³/mol. The van der Waals surface area contributed by atoms with E-state index in [-0.39, 0.29) is 6.04 Å². The maximum Gasteiger partial charge on any atom is 0.0709 e. The number of nitrogens with two attached hydrogens (primary N) is 1. The lowest BCUT2D eigenvalue weighted by Gasteiger charge is -2.11. The maximum atomic E-state index is 6.33. The molecule has 0 spiro atoms. The predicted octanol–water partition coefficient (Wildman–Crippen LogP) is 3.34. The molecule has 3 rings (SSSR count). The number of benzene rings is 1. The van der Waals surface area contributed by atoms with Crippen LogP contribution in [0.5, 0.6) is 0 Å². The summed E-state index contributed by atoms with van der Waals surface area (Å²) in [6, 6.07) is 14.1. The van der Waals surface area contributed by atoms with Crippen LogP contribution in [-0.4, -0.2) is 9.61 Å². The number of aromatic nitrogens is 2. The van der Waals surface area contributed by atoms with E-state index in [2.05, 4.69) is 27.1 Å². The van der Waals surface area contributed by atoms with Crippen LogP contribution in [0.2, 0.25) is 0 Å². The molecule has 4 heteroatoms. The summed E-state index contributed by atoms with van der Waals surface area (Å²) in [4.78, 5) is 0. The van der Waals surface area contributed by atoms with Crippen LogP contribution in [0, 0.1) is 0 Å². The summed E-state index contributed by atoms with van der Waals surface area (Å²) in [7, 11) is 0. The molecule has 1 unspecified atom stereocenters. The summed E-state index contributed by atoms with van der Waals surface area (Å²) in [5.74, 6) is 0. The van der Waals surface area contributed by atoms with Gasteiger partial charge in [-0.15, -0.1) is 0 Å². The van der Waals surface area contributed by atoms with E-state index in [9.17, 15) is 0 Å². The van der Waals surface area contributed by atoms with Gasteiger partial charge in [0, 0.05) is 22.3 Å². The highest BCUT2D eigenvalue weighted by molar-refractivity contribution is 9.10. The quantitative estimate of drug-likeness (QED) is 0.805. The third-order valence-electron chi connectivity index (χ3n) is 3.25. The summed E-state index contributed by atoms with van der Waals surface area (Å²) in [5, 5.41) is 4.33. The second-order valence-corrected chi connectivity index (χ2v) is 5.39. The van der Waals surface area contributed by atoms with Gasteiger partial charge in [0.05, 0.1) is 11.7 Å². The first-order valence-electron chi connectivity index (χ1n) is 6.17. The van der Waals surface area contributed by atoms with Gasteiger partial charge in [0.2, 0.25) is 0 Å². The Morgan fingerprint density at radius 3 is 2.79 bits per heavy atom. The molecule has 2 N–H and O–H groups in total. The number of fused-ring (bicyclic) bond motifs is 1. The fourth-order valence-corrected chi connectivity index (χ4v) is 2.70. The van der Waals surface area contributed by atoms with Crippen molar-refractivity contribution in [3.8, 4) is 0 Å². The van der Waals surface area contributed by atoms with E-state index in [4.69, 9.17) is 5.73 Å². The summed E-state index contributed by atoms with van der Waals surface area (Å²) >= 11 is 3.56. The molecule has 1 atom stereocenters. The van der Waals surface area contributed by atoms with Crippen molar-refractivity contribution in [1.29, 1.82) is 0 Å². The first-order valence-corrected chi connectivity index (χ1v) is 6.96. The lowest BCUT2D eigenvalue weighted by Crippen LogP contribution is -2.13. The molecule has 1 aromatic carbocycles. The minimum Gasteiger partial charge on any atom is -0.324 e. The molecule has 0 fully saturated rings. The number of hydrogen-bond donors (Lipinski definition) is 1. The van der Waals surface area contributed by atoms with Crippen LogP contribution < -0.4 is 5.73 Å². The fourth-order valence-electron chi connectivity index (χ4n) is 2.25. The van der Waals surface area contributed by atoms with E-state index in [1.54, 1.807) is 0 Å². The van der Waals surface area contributed by atoms with Gasteiger partial charge in [-0.25, -0.2) is 4.52 Å². The Kier molecular flexibility index (Phi) is 3.36. The van der Waals surface area contributed by atoms with Crippen molar-refractivity contribution >= 4 is 21.4 Å². The van der Waals surface area contributed by atoms with Gasteiger partial charge in [-0.3, -0.25) is 0 Å². The third kappa shape index (κ3) is 2.41. The lowest BCUT2D eigenvalue weighted by molar-refractivity contribution is 0.725. The zero-order valence-corrected chi connectivity index (χ0v) is 11.9. The van der Waals surface area contributed by atoms with Crippen molar-refractivity contribution in [3.63, 3.8) is 0 Å². The van der Waals surface area contributed by atoms with E-state index in [0.29, 0.717) is 0 Å². The minimum atomic E-state index is -0.0569. The van der Waals surface area contributed by atoms with Crippen molar-refractivity contribution in [3.05, 3.63) is 70.5 Å². The molecule has 96 valence electrons. The molecule has 3 aromatic rings. The van der Waals surface area contributed by atoms with Crippen LogP contribution >= 0.6 is 15.9 Å². The van der Waals surface area contributed by atoms with Crippen molar-refractivity contribution in [1.82, 2.24) is 9.61 Å². The molecule has 0 saturated heterocycles. The van der Waals surface area contributed by atoms with E-state index in [0.717, 1.165) is 22.0 Å². The summed E-state index contributed by atoms with van der Waals surface area (Å²) in [6.45, 7) is 0. The highest BCUT2D eigenvalue weighted by atomic mass is 79.9. The van der Waals surface area contributed by atoms with Crippen LogP contribution in [0.1, 0.15) is 17.2 Å². The highest BCUT2D eigenvalue weighted by Crippen LogP contribution is 2.24. The monoisotopic (exact) mass is 315 g/mol. The van der Waals surface area contributed by atoms with Crippen molar-refractivity contribution < 1.29 is 0 Å². The van der Waals surface area contributed by atoms with Gasteiger partial charge < -0.3 is 5.73 Å². The standard InChI is InChI=1S/C15H14BrN3/c16-13-6-2-1-5-11(13)9-14(17)12-10-18-19-8-4-3-7-15(12)19/h1-8,10,14H,9,17H2. The van der Waals surface area contributed by atoms with E-state index >= 15 is 0 Å².